The fourth-order valence-corrected chi connectivity index (χ4v) is 1.84. The monoisotopic (exact) mass is 250 g/mol. The molecule has 0 heterocycles. The predicted molar refractivity (Wildman–Crippen MR) is 73.7 cm³/mol. The van der Waals surface area contributed by atoms with E-state index in [0.29, 0.717) is 0 Å². The highest BCUT2D eigenvalue weighted by Crippen LogP contribution is 2.24. The molecule has 0 saturated carbocycles. The molecule has 18 heavy (non-hydrogen) atoms. The van der Waals surface area contributed by atoms with Crippen molar-refractivity contribution in [1.29, 1.82) is 0 Å². The molecule has 0 fully saturated rings. The quantitative estimate of drug-likeness (QED) is 0.697. The number of unbranched alkanes of at least 4 members (excludes halogenated alkanes) is 2. The molecule has 1 atom stereocenters. The maximum Gasteiger partial charge on any atom is 0.239 e. The Morgan fingerprint density at radius 1 is 1.39 bits per heavy atom. The number of hydrogen-bond acceptors (Lipinski definition) is 3. The number of hydrogen-bond donors (Lipinski definition) is 2. The molecule has 3 N–H and O–H groups in total. The van der Waals surface area contributed by atoms with E-state index in [4.69, 9.17) is 10.5 Å². The van der Waals surface area contributed by atoms with E-state index in [0.717, 1.165) is 37.1 Å². The highest BCUT2D eigenvalue weighted by Gasteiger charge is 2.16. The number of methoxy groups -OCH3 is 1. The minimum atomic E-state index is -0.340. The van der Waals surface area contributed by atoms with Crippen molar-refractivity contribution in [2.75, 3.05) is 12.4 Å². The van der Waals surface area contributed by atoms with E-state index in [1.807, 2.05) is 24.3 Å². The SMILES string of the molecule is CCCCCC(Nc1ccccc1OC)C(N)=O. The van der Waals surface area contributed by atoms with Crippen molar-refractivity contribution < 1.29 is 9.53 Å². The Morgan fingerprint density at radius 2 is 2.11 bits per heavy atom. The van der Waals surface area contributed by atoms with Crippen LogP contribution in [0.15, 0.2) is 24.3 Å². The first-order valence-corrected chi connectivity index (χ1v) is 6.38. The second-order valence-corrected chi connectivity index (χ2v) is 4.30. The van der Waals surface area contributed by atoms with Crippen molar-refractivity contribution in [2.45, 2.75) is 38.6 Å². The van der Waals surface area contributed by atoms with Gasteiger partial charge in [0.1, 0.15) is 11.8 Å². The van der Waals surface area contributed by atoms with Crippen LogP contribution in [0, 0.1) is 0 Å². The second-order valence-electron chi connectivity index (χ2n) is 4.30. The number of carbonyl (C=O) groups is 1. The molecule has 0 aromatic heterocycles. The van der Waals surface area contributed by atoms with Crippen molar-refractivity contribution in [3.63, 3.8) is 0 Å². The number of ether oxygens (including phenoxy) is 1. The molecule has 4 heteroatoms. The molecule has 0 aliphatic carbocycles. The Balaban J connectivity index is 2.67. The number of rotatable bonds is 8. The van der Waals surface area contributed by atoms with Gasteiger partial charge < -0.3 is 15.8 Å². The summed E-state index contributed by atoms with van der Waals surface area (Å²) in [5, 5.41) is 3.16. The van der Waals surface area contributed by atoms with Gasteiger partial charge in [0, 0.05) is 0 Å². The number of anilines is 1. The Labute approximate surface area is 109 Å². The molecular formula is C14H22N2O2. The predicted octanol–water partition coefficient (Wildman–Crippen LogP) is 2.54. The lowest BCUT2D eigenvalue weighted by atomic mass is 10.1. The lowest BCUT2D eigenvalue weighted by Crippen LogP contribution is -2.35. The number of carbonyl (C=O) groups excluding carboxylic acids is 1. The fourth-order valence-electron chi connectivity index (χ4n) is 1.84. The summed E-state index contributed by atoms with van der Waals surface area (Å²) in [6.07, 6.45) is 3.98. The van der Waals surface area contributed by atoms with Gasteiger partial charge in [0.25, 0.3) is 0 Å². The summed E-state index contributed by atoms with van der Waals surface area (Å²) in [5.74, 6) is 0.399. The zero-order valence-corrected chi connectivity index (χ0v) is 11.1. The third-order valence-corrected chi connectivity index (χ3v) is 2.88. The Hall–Kier alpha value is -1.71. The maximum atomic E-state index is 11.4. The van der Waals surface area contributed by atoms with Gasteiger partial charge in [-0.2, -0.15) is 0 Å². The summed E-state index contributed by atoms with van der Waals surface area (Å²) in [6.45, 7) is 2.13. The average molecular weight is 250 g/mol. The van der Waals surface area contributed by atoms with Crippen molar-refractivity contribution >= 4 is 11.6 Å². The molecule has 1 aromatic carbocycles. The minimum absolute atomic E-state index is 0.322. The third kappa shape index (κ3) is 4.28. The van der Waals surface area contributed by atoms with Crippen LogP contribution in [0.25, 0.3) is 0 Å². The summed E-state index contributed by atoms with van der Waals surface area (Å²) in [6, 6.07) is 7.18. The first kappa shape index (κ1) is 14.4. The molecule has 1 aromatic rings. The normalized spacial score (nSPS) is 11.9. The number of nitrogens with one attached hydrogen (secondary N) is 1. The Kier molecular flexibility index (Phi) is 6.05. The maximum absolute atomic E-state index is 11.4. The Bertz CT molecular complexity index is 380. The van der Waals surface area contributed by atoms with Gasteiger partial charge in [0.2, 0.25) is 5.91 Å². The standard InChI is InChI=1S/C14H22N2O2/c1-3-4-5-9-12(14(15)17)16-11-8-6-7-10-13(11)18-2/h6-8,10,12,16H,3-5,9H2,1-2H3,(H2,15,17). The van der Waals surface area contributed by atoms with Gasteiger partial charge in [-0.05, 0) is 18.6 Å². The molecular weight excluding hydrogens is 228 g/mol. The van der Waals surface area contributed by atoms with Gasteiger partial charge in [0.05, 0.1) is 12.8 Å². The van der Waals surface area contributed by atoms with Crippen molar-refractivity contribution in [3.05, 3.63) is 24.3 Å². The van der Waals surface area contributed by atoms with Gasteiger partial charge in [-0.3, -0.25) is 4.79 Å². The lowest BCUT2D eigenvalue weighted by molar-refractivity contribution is -0.118. The van der Waals surface area contributed by atoms with E-state index in [-0.39, 0.29) is 11.9 Å². The molecule has 4 nitrogen and oxygen atoms in total. The van der Waals surface area contributed by atoms with Crippen LogP contribution in [0.4, 0.5) is 5.69 Å². The molecule has 0 bridgehead atoms. The molecule has 1 unspecified atom stereocenters. The van der Waals surface area contributed by atoms with Crippen molar-refractivity contribution in [2.24, 2.45) is 5.73 Å². The van der Waals surface area contributed by atoms with E-state index in [2.05, 4.69) is 12.2 Å². The largest absolute Gasteiger partial charge is 0.495 e. The van der Waals surface area contributed by atoms with Crippen LogP contribution in [0.1, 0.15) is 32.6 Å². The van der Waals surface area contributed by atoms with E-state index < -0.39 is 0 Å². The summed E-state index contributed by atoms with van der Waals surface area (Å²) in [5.41, 5.74) is 6.22. The fraction of sp³-hybridized carbons (Fsp3) is 0.500. The van der Waals surface area contributed by atoms with Gasteiger partial charge in [-0.25, -0.2) is 0 Å². The van der Waals surface area contributed by atoms with Crippen LogP contribution in [0.2, 0.25) is 0 Å². The van der Waals surface area contributed by atoms with Gasteiger partial charge in [-0.1, -0.05) is 38.3 Å². The summed E-state index contributed by atoms with van der Waals surface area (Å²) in [4.78, 5) is 11.4. The number of para-hydroxylation sites is 2. The van der Waals surface area contributed by atoms with E-state index in [1.165, 1.54) is 0 Å². The van der Waals surface area contributed by atoms with Crippen LogP contribution < -0.4 is 15.8 Å². The highest BCUT2D eigenvalue weighted by molar-refractivity contribution is 5.83. The van der Waals surface area contributed by atoms with Crippen molar-refractivity contribution in [3.8, 4) is 5.75 Å². The minimum Gasteiger partial charge on any atom is -0.495 e. The highest BCUT2D eigenvalue weighted by atomic mass is 16.5. The topological polar surface area (TPSA) is 64.3 Å². The zero-order chi connectivity index (χ0) is 13.4. The molecule has 1 rings (SSSR count). The first-order valence-electron chi connectivity index (χ1n) is 6.38. The Morgan fingerprint density at radius 3 is 2.72 bits per heavy atom. The van der Waals surface area contributed by atoms with Crippen LogP contribution in [0.3, 0.4) is 0 Å². The third-order valence-electron chi connectivity index (χ3n) is 2.88. The van der Waals surface area contributed by atoms with Gasteiger partial charge in [-0.15, -0.1) is 0 Å². The van der Waals surface area contributed by atoms with Crippen LogP contribution in [0.5, 0.6) is 5.75 Å². The van der Waals surface area contributed by atoms with Crippen molar-refractivity contribution in [1.82, 2.24) is 0 Å². The first-order chi connectivity index (χ1) is 8.69. The molecule has 0 radical (unpaired) electrons. The summed E-state index contributed by atoms with van der Waals surface area (Å²) in [7, 11) is 1.61. The van der Waals surface area contributed by atoms with E-state index in [1.54, 1.807) is 7.11 Å². The van der Waals surface area contributed by atoms with E-state index >= 15 is 0 Å². The molecule has 0 aliphatic rings. The van der Waals surface area contributed by atoms with E-state index in [9.17, 15) is 4.79 Å². The zero-order valence-electron chi connectivity index (χ0n) is 11.1. The van der Waals surface area contributed by atoms with Crippen LogP contribution in [-0.2, 0) is 4.79 Å². The summed E-state index contributed by atoms with van der Waals surface area (Å²) >= 11 is 0. The van der Waals surface area contributed by atoms with Gasteiger partial charge in [0.15, 0.2) is 0 Å². The smallest absolute Gasteiger partial charge is 0.239 e. The number of benzene rings is 1. The molecule has 0 spiro atoms. The molecule has 0 aliphatic heterocycles. The molecule has 100 valence electrons. The lowest BCUT2D eigenvalue weighted by Gasteiger charge is -2.18. The van der Waals surface area contributed by atoms with Crippen LogP contribution >= 0.6 is 0 Å². The van der Waals surface area contributed by atoms with Crippen LogP contribution in [-0.4, -0.2) is 19.1 Å². The number of nitrogens with two attached hydrogens (primary N) is 1. The second kappa shape index (κ2) is 7.58. The number of primary amides is 1. The number of amides is 1. The summed E-state index contributed by atoms with van der Waals surface area (Å²) < 4.78 is 5.24. The molecule has 1 amide bonds. The molecule has 0 saturated heterocycles. The average Bonchev–Trinajstić information content (AvgIpc) is 2.38. The van der Waals surface area contributed by atoms with Gasteiger partial charge >= 0.3 is 0 Å².